The molecule has 0 amide bonds. The van der Waals surface area contributed by atoms with E-state index in [1.165, 1.54) is 12.3 Å². The zero-order valence-corrected chi connectivity index (χ0v) is 15.4. The third kappa shape index (κ3) is 4.31. The van der Waals surface area contributed by atoms with E-state index in [1.807, 2.05) is 36.7 Å². The van der Waals surface area contributed by atoms with E-state index in [0.717, 1.165) is 11.3 Å². The molecule has 3 rings (SSSR count). The van der Waals surface area contributed by atoms with E-state index in [-0.39, 0.29) is 4.90 Å². The molecule has 2 aromatic carbocycles. The summed E-state index contributed by atoms with van der Waals surface area (Å²) in [5, 5.41) is 3.75. The van der Waals surface area contributed by atoms with Gasteiger partial charge in [0.1, 0.15) is 0 Å². The Labute approximate surface area is 153 Å². The van der Waals surface area contributed by atoms with Crippen LogP contribution in [0.15, 0.2) is 71.9 Å². The molecule has 1 heterocycles. The maximum absolute atomic E-state index is 12.0. The fraction of sp³-hybridized carbons (Fsp3) is 0.158. The molecule has 0 radical (unpaired) electrons. The standard InChI is InChI=1S/C19H19ClN2O2S/c1-25(23,24)19-12-17(20)9-8-16(19)14-21-13-15-6-2-3-7-18(15)22-10-4-5-11-22/h2-12,21H,13-14H2,1H3. The molecule has 0 bridgehead atoms. The first-order valence-electron chi connectivity index (χ1n) is 7.85. The topological polar surface area (TPSA) is 51.1 Å². The predicted octanol–water partition coefficient (Wildman–Crippen LogP) is 3.82. The molecule has 0 spiro atoms. The lowest BCUT2D eigenvalue weighted by atomic mass is 10.1. The van der Waals surface area contributed by atoms with Crippen LogP contribution in [-0.4, -0.2) is 19.2 Å². The molecule has 0 unspecified atom stereocenters. The minimum atomic E-state index is -3.32. The highest BCUT2D eigenvalue weighted by molar-refractivity contribution is 7.90. The Morgan fingerprint density at radius 1 is 0.960 bits per heavy atom. The van der Waals surface area contributed by atoms with Crippen LogP contribution >= 0.6 is 11.6 Å². The molecule has 1 aromatic heterocycles. The Balaban J connectivity index is 1.77. The number of nitrogens with one attached hydrogen (secondary N) is 1. The van der Waals surface area contributed by atoms with E-state index in [9.17, 15) is 8.42 Å². The van der Waals surface area contributed by atoms with Gasteiger partial charge in [-0.05, 0) is 41.5 Å². The van der Waals surface area contributed by atoms with Crippen molar-refractivity contribution in [3.05, 3.63) is 83.1 Å². The molecule has 1 N–H and O–H groups in total. The van der Waals surface area contributed by atoms with E-state index in [0.29, 0.717) is 23.7 Å². The van der Waals surface area contributed by atoms with Gasteiger partial charge in [-0.3, -0.25) is 0 Å². The molecule has 4 nitrogen and oxygen atoms in total. The largest absolute Gasteiger partial charge is 0.324 e. The van der Waals surface area contributed by atoms with Gasteiger partial charge in [0.2, 0.25) is 0 Å². The number of nitrogens with zero attached hydrogens (tertiary/aromatic N) is 1. The van der Waals surface area contributed by atoms with Crippen LogP contribution in [0, 0.1) is 0 Å². The number of hydrogen-bond acceptors (Lipinski definition) is 3. The number of halogens is 1. The van der Waals surface area contributed by atoms with Crippen molar-refractivity contribution in [2.24, 2.45) is 0 Å². The highest BCUT2D eigenvalue weighted by atomic mass is 35.5. The van der Waals surface area contributed by atoms with Crippen molar-refractivity contribution >= 4 is 21.4 Å². The lowest BCUT2D eigenvalue weighted by Gasteiger charge is -2.13. The number of hydrogen-bond donors (Lipinski definition) is 1. The minimum absolute atomic E-state index is 0.270. The zero-order chi connectivity index (χ0) is 17.9. The fourth-order valence-electron chi connectivity index (χ4n) is 2.76. The summed E-state index contributed by atoms with van der Waals surface area (Å²) in [7, 11) is -3.32. The first kappa shape index (κ1) is 17.7. The zero-order valence-electron chi connectivity index (χ0n) is 13.8. The molecule has 3 aromatic rings. The smallest absolute Gasteiger partial charge is 0.175 e. The lowest BCUT2D eigenvalue weighted by molar-refractivity contribution is 0.598. The first-order chi connectivity index (χ1) is 11.9. The molecule has 0 saturated heterocycles. The average Bonchev–Trinajstić information content (AvgIpc) is 3.10. The Bertz CT molecular complexity index is 967. The summed E-state index contributed by atoms with van der Waals surface area (Å²) in [5.41, 5.74) is 2.94. The van der Waals surface area contributed by atoms with Gasteiger partial charge < -0.3 is 9.88 Å². The Morgan fingerprint density at radius 3 is 2.36 bits per heavy atom. The number of aromatic nitrogens is 1. The maximum Gasteiger partial charge on any atom is 0.175 e. The highest BCUT2D eigenvalue weighted by Crippen LogP contribution is 2.21. The second-order valence-electron chi connectivity index (χ2n) is 5.85. The van der Waals surface area contributed by atoms with E-state index in [4.69, 9.17) is 11.6 Å². The highest BCUT2D eigenvalue weighted by Gasteiger charge is 2.14. The van der Waals surface area contributed by atoms with Crippen molar-refractivity contribution in [1.82, 2.24) is 9.88 Å². The molecule has 0 aliphatic rings. The first-order valence-corrected chi connectivity index (χ1v) is 10.1. The summed E-state index contributed by atoms with van der Waals surface area (Å²) < 4.78 is 26.0. The molecule has 0 aliphatic carbocycles. The quantitative estimate of drug-likeness (QED) is 0.713. The Kier molecular flexibility index (Phi) is 5.27. The molecule has 0 saturated carbocycles. The number of benzene rings is 2. The van der Waals surface area contributed by atoms with Crippen molar-refractivity contribution in [3.8, 4) is 5.69 Å². The molecule has 0 aliphatic heterocycles. The van der Waals surface area contributed by atoms with Crippen LogP contribution in [0.3, 0.4) is 0 Å². The molecule has 130 valence electrons. The van der Waals surface area contributed by atoms with Crippen LogP contribution in [0.1, 0.15) is 11.1 Å². The van der Waals surface area contributed by atoms with Gasteiger partial charge in [-0.2, -0.15) is 0 Å². The maximum atomic E-state index is 12.0. The SMILES string of the molecule is CS(=O)(=O)c1cc(Cl)ccc1CNCc1ccccc1-n1cccc1. The summed E-state index contributed by atoms with van der Waals surface area (Å²) in [5.74, 6) is 0. The van der Waals surface area contributed by atoms with E-state index in [2.05, 4.69) is 22.0 Å². The number of rotatable bonds is 6. The van der Waals surface area contributed by atoms with Crippen molar-refractivity contribution < 1.29 is 8.42 Å². The molecular formula is C19H19ClN2O2S. The third-order valence-corrected chi connectivity index (χ3v) is 5.35. The van der Waals surface area contributed by atoms with Gasteiger partial charge >= 0.3 is 0 Å². The van der Waals surface area contributed by atoms with Crippen LogP contribution < -0.4 is 5.32 Å². The fourth-order valence-corrected chi connectivity index (χ4v) is 3.95. The van der Waals surface area contributed by atoms with Crippen molar-refractivity contribution in [2.45, 2.75) is 18.0 Å². The second-order valence-corrected chi connectivity index (χ2v) is 8.27. The average molecular weight is 375 g/mol. The van der Waals surface area contributed by atoms with Gasteiger partial charge in [-0.15, -0.1) is 0 Å². The normalized spacial score (nSPS) is 11.6. The lowest BCUT2D eigenvalue weighted by Crippen LogP contribution is -2.16. The van der Waals surface area contributed by atoms with Gasteiger partial charge in [-0.1, -0.05) is 35.9 Å². The summed E-state index contributed by atoms with van der Waals surface area (Å²) in [4.78, 5) is 0.270. The van der Waals surface area contributed by atoms with Gasteiger partial charge in [0.15, 0.2) is 9.84 Å². The number of sulfone groups is 1. The van der Waals surface area contributed by atoms with E-state index < -0.39 is 9.84 Å². The van der Waals surface area contributed by atoms with Crippen molar-refractivity contribution in [2.75, 3.05) is 6.26 Å². The van der Waals surface area contributed by atoms with Gasteiger partial charge in [0.25, 0.3) is 0 Å². The van der Waals surface area contributed by atoms with Gasteiger partial charge in [-0.25, -0.2) is 8.42 Å². The predicted molar refractivity (Wildman–Crippen MR) is 101 cm³/mol. The Morgan fingerprint density at radius 2 is 1.64 bits per heavy atom. The van der Waals surface area contributed by atoms with Gasteiger partial charge in [0.05, 0.1) is 4.90 Å². The summed E-state index contributed by atoms with van der Waals surface area (Å²) >= 11 is 5.94. The van der Waals surface area contributed by atoms with Crippen LogP contribution in [0.4, 0.5) is 0 Å². The molecule has 25 heavy (non-hydrogen) atoms. The third-order valence-electron chi connectivity index (χ3n) is 3.93. The van der Waals surface area contributed by atoms with Crippen LogP contribution in [0.25, 0.3) is 5.69 Å². The molecule has 6 heteroatoms. The van der Waals surface area contributed by atoms with Crippen LogP contribution in [0.2, 0.25) is 5.02 Å². The summed E-state index contributed by atoms with van der Waals surface area (Å²) in [6, 6.07) is 17.0. The molecular weight excluding hydrogens is 356 g/mol. The second kappa shape index (κ2) is 7.44. The van der Waals surface area contributed by atoms with Crippen molar-refractivity contribution in [1.29, 1.82) is 0 Å². The molecule has 0 fully saturated rings. The van der Waals surface area contributed by atoms with Crippen LogP contribution in [-0.2, 0) is 22.9 Å². The van der Waals surface area contributed by atoms with Gasteiger partial charge in [0, 0.05) is 42.4 Å². The van der Waals surface area contributed by atoms with E-state index >= 15 is 0 Å². The van der Waals surface area contributed by atoms with E-state index in [1.54, 1.807) is 12.1 Å². The Hall–Kier alpha value is -2.08. The monoisotopic (exact) mass is 374 g/mol. The summed E-state index contributed by atoms with van der Waals surface area (Å²) in [6.07, 6.45) is 5.20. The minimum Gasteiger partial charge on any atom is -0.324 e. The van der Waals surface area contributed by atoms with Crippen LogP contribution in [0.5, 0.6) is 0 Å². The molecule has 0 atom stereocenters. The number of para-hydroxylation sites is 1. The summed E-state index contributed by atoms with van der Waals surface area (Å²) in [6.45, 7) is 1.07. The van der Waals surface area contributed by atoms with Crippen molar-refractivity contribution in [3.63, 3.8) is 0 Å².